The van der Waals surface area contributed by atoms with E-state index < -0.39 is 11.9 Å². The zero-order valence-corrected chi connectivity index (χ0v) is 28.8. The van der Waals surface area contributed by atoms with Crippen LogP contribution in [0, 0.1) is 5.92 Å². The van der Waals surface area contributed by atoms with Crippen molar-refractivity contribution in [2.24, 2.45) is 5.92 Å². The van der Waals surface area contributed by atoms with Crippen molar-refractivity contribution in [1.29, 1.82) is 0 Å². The molecule has 0 radical (unpaired) electrons. The highest BCUT2D eigenvalue weighted by Gasteiger charge is 2.43. The quantitative estimate of drug-likeness (QED) is 0.223. The number of fused-ring (bicyclic) bond motifs is 2. The Bertz CT molecular complexity index is 1990. The molecular weight excluding hydrogens is 598 g/mol. The number of rotatable bonds is 7. The van der Waals surface area contributed by atoms with Crippen LogP contribution in [0.2, 0.25) is 0 Å². The van der Waals surface area contributed by atoms with Crippen LogP contribution in [0.4, 0.5) is 17.1 Å². The maximum absolute atomic E-state index is 11.8. The first-order valence-electron chi connectivity index (χ1n) is 16.5. The van der Waals surface area contributed by atoms with Gasteiger partial charge in [0.1, 0.15) is 7.05 Å². The van der Waals surface area contributed by atoms with E-state index in [1.165, 1.54) is 11.1 Å². The van der Waals surface area contributed by atoms with Gasteiger partial charge in [-0.25, -0.2) is 9.59 Å². The number of carbonyl (C=O) groups is 2. The third-order valence-electron chi connectivity index (χ3n) is 10.3. The van der Waals surface area contributed by atoms with Gasteiger partial charge in [0.2, 0.25) is 5.69 Å². The number of nitrogens with zero attached hydrogens (tertiary/aromatic N) is 2. The van der Waals surface area contributed by atoms with Gasteiger partial charge in [-0.05, 0) is 97.9 Å². The highest BCUT2D eigenvalue weighted by Crippen LogP contribution is 2.48. The molecule has 0 spiro atoms. The molecule has 0 fully saturated rings. The number of carboxylic acid groups (broad SMARTS) is 2. The van der Waals surface area contributed by atoms with E-state index in [1.54, 1.807) is 24.3 Å². The summed E-state index contributed by atoms with van der Waals surface area (Å²) in [6.45, 7) is 10.9. The summed E-state index contributed by atoms with van der Waals surface area (Å²) in [6.07, 6.45) is 10.7. The van der Waals surface area contributed by atoms with Crippen LogP contribution >= 0.6 is 0 Å². The number of nitrogens with one attached hydrogen (secondary N) is 1. The van der Waals surface area contributed by atoms with Crippen molar-refractivity contribution >= 4 is 34.7 Å². The minimum Gasteiger partial charge on any atom is -0.478 e. The van der Waals surface area contributed by atoms with Gasteiger partial charge in [0, 0.05) is 52.9 Å². The van der Waals surface area contributed by atoms with Crippen molar-refractivity contribution in [2.75, 3.05) is 24.3 Å². The standard InChI is InChI=1S/C41H43N3O4/c1-25-21-26(15-19-35-40(2,3)31-23-28(38(45)46)13-17-33(31)43(35)6)37(42-30-11-9-8-10-12-30)27(22-25)16-20-36-41(4,5)32-24-29(39(47)48)14-18-34(32)44(36)7/h8-20,23-25H,21-22H2,1-7H3,(H2,45,46,47,48)/p+1. The topological polar surface area (TPSA) is 92.9 Å². The Labute approximate surface area is 282 Å². The van der Waals surface area contributed by atoms with Crippen LogP contribution in [0.1, 0.15) is 79.3 Å². The molecule has 0 amide bonds. The van der Waals surface area contributed by atoms with E-state index in [9.17, 15) is 19.8 Å². The Morgan fingerprint density at radius 3 is 2.17 bits per heavy atom. The minimum absolute atomic E-state index is 0.295. The molecular formula is C41H44N3O4+. The average molecular weight is 643 g/mol. The van der Waals surface area contributed by atoms with Crippen LogP contribution in [0.5, 0.6) is 0 Å². The van der Waals surface area contributed by atoms with Crippen LogP contribution in [-0.4, -0.2) is 46.5 Å². The first kappa shape index (κ1) is 32.8. The highest BCUT2D eigenvalue weighted by molar-refractivity contribution is 6.04. The molecule has 0 saturated heterocycles. The monoisotopic (exact) mass is 642 g/mol. The molecule has 3 N–H and O–H groups in total. The van der Waals surface area contributed by atoms with Gasteiger partial charge in [0.15, 0.2) is 5.71 Å². The molecule has 2 heterocycles. The van der Waals surface area contributed by atoms with E-state index in [0.717, 1.165) is 58.1 Å². The number of allylic oxidation sites excluding steroid dienone is 7. The third kappa shape index (κ3) is 5.68. The maximum atomic E-state index is 11.8. The van der Waals surface area contributed by atoms with Crippen LogP contribution in [0.15, 0.2) is 114 Å². The molecule has 1 unspecified atom stereocenters. The van der Waals surface area contributed by atoms with Gasteiger partial charge >= 0.3 is 11.9 Å². The molecule has 3 aromatic carbocycles. The minimum atomic E-state index is -0.923. The lowest BCUT2D eigenvalue weighted by Crippen LogP contribution is -2.27. The molecule has 3 aliphatic rings. The fourth-order valence-electron chi connectivity index (χ4n) is 7.66. The van der Waals surface area contributed by atoms with E-state index >= 15 is 0 Å². The van der Waals surface area contributed by atoms with Gasteiger partial charge in [-0.15, -0.1) is 0 Å². The summed E-state index contributed by atoms with van der Waals surface area (Å²) in [7, 11) is 4.09. The Balaban J connectivity index is 1.43. The van der Waals surface area contributed by atoms with Gasteiger partial charge in [0.05, 0.1) is 16.5 Å². The Kier molecular flexibility index (Phi) is 8.28. The zero-order valence-electron chi connectivity index (χ0n) is 28.8. The smallest absolute Gasteiger partial charge is 0.335 e. The lowest BCUT2D eigenvalue weighted by molar-refractivity contribution is -0.401. The first-order chi connectivity index (χ1) is 22.7. The molecule has 0 aromatic heterocycles. The zero-order chi connectivity index (χ0) is 34.5. The Morgan fingerprint density at radius 2 is 1.50 bits per heavy atom. The first-order valence-corrected chi connectivity index (χ1v) is 16.5. The van der Waals surface area contributed by atoms with Crippen LogP contribution in [-0.2, 0) is 10.8 Å². The van der Waals surface area contributed by atoms with E-state index in [0.29, 0.717) is 17.0 Å². The predicted molar refractivity (Wildman–Crippen MR) is 193 cm³/mol. The number of hydrogen-bond acceptors (Lipinski definition) is 4. The molecule has 2 aliphatic heterocycles. The van der Waals surface area contributed by atoms with E-state index in [-0.39, 0.29) is 10.8 Å². The van der Waals surface area contributed by atoms with Crippen molar-refractivity contribution in [2.45, 2.75) is 58.3 Å². The molecule has 3 aromatic rings. The Hall–Kier alpha value is -5.17. The fraction of sp³-hybridized carbons (Fsp3) is 0.293. The van der Waals surface area contributed by atoms with E-state index in [2.05, 4.69) is 85.8 Å². The molecule has 1 aliphatic carbocycles. The number of hydrogen-bond donors (Lipinski definition) is 3. The molecule has 0 saturated carbocycles. The second kappa shape index (κ2) is 12.1. The van der Waals surface area contributed by atoms with Gasteiger partial charge in [0.25, 0.3) is 0 Å². The highest BCUT2D eigenvalue weighted by atomic mass is 16.4. The number of benzene rings is 3. The van der Waals surface area contributed by atoms with E-state index in [1.807, 2.05) is 44.4 Å². The van der Waals surface area contributed by atoms with Crippen LogP contribution in [0.25, 0.3) is 0 Å². The van der Waals surface area contributed by atoms with E-state index in [4.69, 9.17) is 0 Å². The summed E-state index contributed by atoms with van der Waals surface area (Å²) in [6, 6.07) is 21.0. The molecule has 0 bridgehead atoms. The lowest BCUT2D eigenvalue weighted by Gasteiger charge is -2.28. The molecule has 1 atom stereocenters. The van der Waals surface area contributed by atoms with Crippen molar-refractivity contribution in [1.82, 2.24) is 0 Å². The maximum Gasteiger partial charge on any atom is 0.335 e. The predicted octanol–water partition coefficient (Wildman–Crippen LogP) is 8.68. The molecule has 7 nitrogen and oxygen atoms in total. The van der Waals surface area contributed by atoms with Crippen molar-refractivity contribution in [3.63, 3.8) is 0 Å². The van der Waals surface area contributed by atoms with Gasteiger partial charge < -0.3 is 20.4 Å². The van der Waals surface area contributed by atoms with Crippen molar-refractivity contribution in [3.05, 3.63) is 136 Å². The SMILES string of the molecule is CC1CC(=CC=C2N(C)c3ccc(C(=O)O)cc3C2(C)C)C(Nc2ccccc2)=C(C=CC2=[N+](C)c3ccc(C(=O)O)cc3C2(C)C)C1. The second-order valence-electron chi connectivity index (χ2n) is 14.3. The van der Waals surface area contributed by atoms with Crippen molar-refractivity contribution in [3.8, 4) is 0 Å². The Morgan fingerprint density at radius 1 is 0.854 bits per heavy atom. The molecule has 7 heteroatoms. The lowest BCUT2D eigenvalue weighted by atomic mass is 9.79. The average Bonchev–Trinajstić information content (AvgIpc) is 3.36. The summed E-state index contributed by atoms with van der Waals surface area (Å²) in [5.74, 6) is -1.43. The summed E-state index contributed by atoms with van der Waals surface area (Å²) >= 11 is 0. The van der Waals surface area contributed by atoms with Gasteiger partial charge in [-0.1, -0.05) is 51.1 Å². The fourth-order valence-corrected chi connectivity index (χ4v) is 7.66. The largest absolute Gasteiger partial charge is 0.478 e. The van der Waals surface area contributed by atoms with Crippen molar-refractivity contribution < 1.29 is 24.4 Å². The summed E-state index contributed by atoms with van der Waals surface area (Å²) in [5, 5.41) is 23.0. The summed E-state index contributed by atoms with van der Waals surface area (Å²) in [5.41, 5.74) is 10.6. The van der Waals surface area contributed by atoms with Crippen LogP contribution < -0.4 is 10.2 Å². The summed E-state index contributed by atoms with van der Waals surface area (Å²) < 4.78 is 2.17. The van der Waals surface area contributed by atoms with Gasteiger partial charge in [-0.3, -0.25) is 0 Å². The molecule has 48 heavy (non-hydrogen) atoms. The van der Waals surface area contributed by atoms with Crippen LogP contribution in [0.3, 0.4) is 0 Å². The van der Waals surface area contributed by atoms with Gasteiger partial charge in [-0.2, -0.15) is 4.58 Å². The number of aromatic carboxylic acids is 2. The normalized spacial score (nSPS) is 21.3. The number of para-hydroxylation sites is 1. The number of anilines is 2. The number of likely N-dealkylation sites (N-methyl/N-ethyl adjacent to an activating group) is 1. The molecule has 6 rings (SSSR count). The third-order valence-corrected chi connectivity index (χ3v) is 10.3. The summed E-state index contributed by atoms with van der Waals surface area (Å²) in [4.78, 5) is 25.7. The second-order valence-corrected chi connectivity index (χ2v) is 14.3. The molecule has 246 valence electrons. The number of carboxylic acids is 2.